The third-order valence-electron chi connectivity index (χ3n) is 5.07. The number of rotatable bonds is 9. The Hall–Kier alpha value is -1.64. The molecule has 0 bridgehead atoms. The standard InChI is InChI=1S/C21H24Br3N3O7/c1-31-18-13(23)8-21(33-10-14(18)24)19(29)17(27-34-21)20(30)26-5-2-6-32-16-4-3-11(7-12(16)22)15(28)9-25/h3-4,7,10,15,19,28-29H,2,5-6,8-9,25H2,1H3,(H,26,30)/t15?,19-,21-/m0/s1. The predicted octanol–water partition coefficient (Wildman–Crippen LogP) is 2.68. The monoisotopic (exact) mass is 667 g/mol. The number of allylic oxidation sites excluding steroid dienone is 1. The summed E-state index contributed by atoms with van der Waals surface area (Å²) in [7, 11) is 1.49. The molecule has 1 amide bonds. The van der Waals surface area contributed by atoms with Crippen LogP contribution in [-0.2, 0) is 19.1 Å². The highest BCUT2D eigenvalue weighted by molar-refractivity contribution is 9.12. The molecule has 3 rings (SSSR count). The van der Waals surface area contributed by atoms with Gasteiger partial charge in [-0.25, -0.2) is 0 Å². The number of nitrogens with one attached hydrogen (secondary N) is 1. The van der Waals surface area contributed by atoms with E-state index >= 15 is 0 Å². The van der Waals surface area contributed by atoms with Gasteiger partial charge in [0.1, 0.15) is 17.8 Å². The minimum Gasteiger partial charge on any atom is -0.495 e. The third-order valence-corrected chi connectivity index (χ3v) is 6.87. The van der Waals surface area contributed by atoms with Crippen molar-refractivity contribution in [1.82, 2.24) is 5.32 Å². The molecule has 0 aliphatic carbocycles. The molecule has 3 atom stereocenters. The molecule has 0 fully saturated rings. The summed E-state index contributed by atoms with van der Waals surface area (Å²) in [6, 6.07) is 5.22. The number of nitrogens with zero attached hydrogens (tertiary/aromatic N) is 1. The molecule has 0 saturated carbocycles. The molecule has 0 saturated heterocycles. The fourth-order valence-corrected chi connectivity index (χ4v) is 5.26. The highest BCUT2D eigenvalue weighted by Gasteiger charge is 2.54. The molecule has 186 valence electrons. The van der Waals surface area contributed by atoms with E-state index in [4.69, 9.17) is 24.8 Å². The van der Waals surface area contributed by atoms with Crippen molar-refractivity contribution in [2.24, 2.45) is 10.9 Å². The smallest absolute Gasteiger partial charge is 0.311 e. The van der Waals surface area contributed by atoms with Crippen LogP contribution < -0.4 is 15.8 Å². The molecule has 34 heavy (non-hydrogen) atoms. The summed E-state index contributed by atoms with van der Waals surface area (Å²) < 4.78 is 18.4. The van der Waals surface area contributed by atoms with Gasteiger partial charge in [0.15, 0.2) is 11.8 Å². The van der Waals surface area contributed by atoms with Crippen molar-refractivity contribution >= 4 is 59.4 Å². The number of aliphatic hydroxyl groups is 2. The summed E-state index contributed by atoms with van der Waals surface area (Å²) in [4.78, 5) is 17.9. The third kappa shape index (κ3) is 5.94. The molecule has 0 aromatic heterocycles. The van der Waals surface area contributed by atoms with Gasteiger partial charge >= 0.3 is 5.79 Å². The second-order valence-electron chi connectivity index (χ2n) is 7.38. The zero-order valence-corrected chi connectivity index (χ0v) is 22.9. The van der Waals surface area contributed by atoms with Crippen molar-refractivity contribution in [1.29, 1.82) is 0 Å². The Morgan fingerprint density at radius 3 is 2.85 bits per heavy atom. The van der Waals surface area contributed by atoms with Gasteiger partial charge in [0.25, 0.3) is 5.91 Å². The lowest BCUT2D eigenvalue weighted by Crippen LogP contribution is -2.49. The van der Waals surface area contributed by atoms with Gasteiger partial charge in [0.2, 0.25) is 0 Å². The highest BCUT2D eigenvalue weighted by atomic mass is 79.9. The van der Waals surface area contributed by atoms with Crippen LogP contribution in [-0.4, -0.2) is 60.5 Å². The molecular weight excluding hydrogens is 646 g/mol. The molecule has 1 unspecified atom stereocenters. The number of hydrogen-bond acceptors (Lipinski definition) is 9. The van der Waals surface area contributed by atoms with Crippen LogP contribution in [0.4, 0.5) is 0 Å². The first-order chi connectivity index (χ1) is 16.2. The number of oxime groups is 1. The van der Waals surface area contributed by atoms with Crippen molar-refractivity contribution in [3.8, 4) is 5.75 Å². The molecule has 1 aromatic carbocycles. The van der Waals surface area contributed by atoms with Crippen molar-refractivity contribution in [3.63, 3.8) is 0 Å². The molecular formula is C21H24Br3N3O7. The summed E-state index contributed by atoms with van der Waals surface area (Å²) >= 11 is 10.1. The van der Waals surface area contributed by atoms with Crippen LogP contribution in [0.2, 0.25) is 0 Å². The van der Waals surface area contributed by atoms with Crippen molar-refractivity contribution < 1.29 is 34.1 Å². The summed E-state index contributed by atoms with van der Waals surface area (Å²) in [5.41, 5.74) is 5.97. The number of hydrogen-bond donors (Lipinski definition) is 4. The molecule has 2 aliphatic rings. The van der Waals surface area contributed by atoms with E-state index in [9.17, 15) is 15.0 Å². The quantitative estimate of drug-likeness (QED) is 0.294. The van der Waals surface area contributed by atoms with Crippen LogP contribution in [0.15, 0.2) is 48.8 Å². The SMILES string of the molecule is COC1=C(Br)C[C@]2(OC=C1Br)ON=C(C(=O)NCCCOc1ccc(C(O)CN)cc1Br)[C@@H]2O. The number of carbonyl (C=O) groups is 1. The minimum atomic E-state index is -1.59. The van der Waals surface area contributed by atoms with E-state index in [-0.39, 0.29) is 25.2 Å². The fourth-order valence-electron chi connectivity index (χ4n) is 3.22. The van der Waals surface area contributed by atoms with Crippen molar-refractivity contribution in [2.45, 2.75) is 30.8 Å². The zero-order valence-electron chi connectivity index (χ0n) is 18.1. The Morgan fingerprint density at radius 1 is 1.41 bits per heavy atom. The average molecular weight is 670 g/mol. The summed E-state index contributed by atoms with van der Waals surface area (Å²) in [5, 5.41) is 27.0. The maximum atomic E-state index is 12.6. The van der Waals surface area contributed by atoms with Crippen LogP contribution in [0, 0.1) is 0 Å². The number of methoxy groups -OCH3 is 1. The number of halogens is 3. The summed E-state index contributed by atoms with van der Waals surface area (Å²) in [6.07, 6.45) is -0.281. The van der Waals surface area contributed by atoms with Crippen LogP contribution in [0.5, 0.6) is 5.75 Å². The number of ether oxygens (including phenoxy) is 3. The van der Waals surface area contributed by atoms with Crippen molar-refractivity contribution in [3.05, 3.63) is 49.2 Å². The van der Waals surface area contributed by atoms with Crippen LogP contribution in [0.25, 0.3) is 0 Å². The molecule has 2 aliphatic heterocycles. The van der Waals surface area contributed by atoms with Gasteiger partial charge in [-0.2, -0.15) is 0 Å². The second kappa shape index (κ2) is 11.9. The first kappa shape index (κ1) is 27.0. The number of amides is 1. The zero-order chi connectivity index (χ0) is 24.9. The van der Waals surface area contributed by atoms with Gasteiger partial charge in [-0.15, -0.1) is 0 Å². The molecule has 0 radical (unpaired) electrons. The molecule has 2 heterocycles. The molecule has 10 nitrogen and oxygen atoms in total. The van der Waals surface area contributed by atoms with Gasteiger partial charge in [0, 0.05) is 17.6 Å². The largest absolute Gasteiger partial charge is 0.495 e. The Morgan fingerprint density at radius 2 is 2.18 bits per heavy atom. The Balaban J connectivity index is 1.49. The van der Waals surface area contributed by atoms with Gasteiger partial charge in [-0.3, -0.25) is 4.79 Å². The lowest BCUT2D eigenvalue weighted by Gasteiger charge is -2.27. The van der Waals surface area contributed by atoms with E-state index in [2.05, 4.69) is 58.3 Å². The molecule has 5 N–H and O–H groups in total. The van der Waals surface area contributed by atoms with E-state index in [0.29, 0.717) is 43.5 Å². The Labute approximate surface area is 221 Å². The highest BCUT2D eigenvalue weighted by Crippen LogP contribution is 2.41. The van der Waals surface area contributed by atoms with Gasteiger partial charge in [0.05, 0.1) is 35.2 Å². The maximum absolute atomic E-state index is 12.6. The number of carbonyl (C=O) groups excluding carboxylic acids is 1. The van der Waals surface area contributed by atoms with Gasteiger partial charge < -0.3 is 40.3 Å². The summed E-state index contributed by atoms with van der Waals surface area (Å²) in [5.74, 6) is -1.09. The summed E-state index contributed by atoms with van der Waals surface area (Å²) in [6.45, 7) is 0.733. The maximum Gasteiger partial charge on any atom is 0.311 e. The fraction of sp³-hybridized carbons (Fsp3) is 0.429. The molecule has 13 heteroatoms. The van der Waals surface area contributed by atoms with E-state index in [1.807, 2.05) is 0 Å². The molecule has 1 aromatic rings. The van der Waals surface area contributed by atoms with E-state index in [1.165, 1.54) is 13.4 Å². The van der Waals surface area contributed by atoms with Gasteiger partial charge in [-0.05, 0) is 56.0 Å². The minimum absolute atomic E-state index is 0.0625. The predicted molar refractivity (Wildman–Crippen MR) is 134 cm³/mol. The number of benzene rings is 1. The Kier molecular flexibility index (Phi) is 9.41. The lowest BCUT2D eigenvalue weighted by atomic mass is 10.0. The first-order valence-electron chi connectivity index (χ1n) is 10.2. The topological polar surface area (TPSA) is 145 Å². The van der Waals surface area contributed by atoms with E-state index in [1.54, 1.807) is 18.2 Å². The lowest BCUT2D eigenvalue weighted by molar-refractivity contribution is -0.225. The van der Waals surface area contributed by atoms with Crippen molar-refractivity contribution in [2.75, 3.05) is 26.8 Å². The Bertz CT molecular complexity index is 1020. The number of aliphatic hydroxyl groups excluding tert-OH is 2. The van der Waals surface area contributed by atoms with E-state index in [0.717, 1.165) is 0 Å². The second-order valence-corrected chi connectivity index (χ2v) is 10.0. The van der Waals surface area contributed by atoms with Crippen LogP contribution in [0.3, 0.4) is 0 Å². The average Bonchev–Trinajstić information content (AvgIpc) is 3.06. The normalized spacial score (nSPS) is 22.9. The number of nitrogens with two attached hydrogens (primary N) is 1. The van der Waals surface area contributed by atoms with Crippen LogP contribution in [0.1, 0.15) is 24.5 Å². The van der Waals surface area contributed by atoms with E-state index < -0.39 is 23.9 Å². The molecule has 1 spiro atoms. The van der Waals surface area contributed by atoms with Crippen LogP contribution >= 0.6 is 47.8 Å². The first-order valence-corrected chi connectivity index (χ1v) is 12.6. The van der Waals surface area contributed by atoms with Gasteiger partial charge in [-0.1, -0.05) is 27.2 Å².